The average Bonchev–Trinajstić information content (AvgIpc) is 2.75. The van der Waals surface area contributed by atoms with Crippen LogP contribution in [-0.2, 0) is 32.6 Å². The molecule has 214 valence electrons. The van der Waals surface area contributed by atoms with Crippen molar-refractivity contribution in [2.24, 2.45) is 0 Å². The Morgan fingerprint density at radius 2 is 1.22 bits per heavy atom. The van der Waals surface area contributed by atoms with E-state index < -0.39 is 34.9 Å². The molecule has 0 spiro atoms. The first-order valence-electron chi connectivity index (χ1n) is 13.2. The normalized spacial score (nSPS) is 17.2. The Hall–Kier alpha value is -0.396. The highest BCUT2D eigenvalue weighted by Crippen LogP contribution is 2.44. The second-order valence-electron chi connectivity index (χ2n) is 12.1. The van der Waals surface area contributed by atoms with E-state index in [0.717, 1.165) is 6.29 Å². The number of ether oxygens (including phenoxy) is 4. The summed E-state index contributed by atoms with van der Waals surface area (Å²) >= 11 is 0. The highest BCUT2D eigenvalue weighted by Gasteiger charge is 2.50. The predicted molar refractivity (Wildman–Crippen MR) is 152 cm³/mol. The third-order valence-electron chi connectivity index (χ3n) is 7.58. The van der Waals surface area contributed by atoms with E-state index in [4.69, 9.17) is 27.8 Å². The van der Waals surface area contributed by atoms with Crippen LogP contribution < -0.4 is 0 Å². The van der Waals surface area contributed by atoms with Gasteiger partial charge in [0.25, 0.3) is 0 Å². The minimum atomic E-state index is -2.29. The van der Waals surface area contributed by atoms with Crippen LogP contribution in [0, 0.1) is 0 Å². The Kier molecular flexibility index (Phi) is 15.7. The molecule has 0 bridgehead atoms. The fourth-order valence-electron chi connectivity index (χ4n) is 4.84. The molecular weight excluding hydrogens is 492 g/mol. The summed E-state index contributed by atoms with van der Waals surface area (Å²) in [6, 6.07) is 0. The van der Waals surface area contributed by atoms with Crippen LogP contribution >= 0.6 is 0 Å². The Morgan fingerprint density at radius 3 is 1.61 bits per heavy atom. The van der Waals surface area contributed by atoms with E-state index in [2.05, 4.69) is 82.3 Å². The third-order valence-corrected chi connectivity index (χ3v) is 18.2. The van der Waals surface area contributed by atoms with Crippen molar-refractivity contribution in [3.63, 3.8) is 0 Å². The summed E-state index contributed by atoms with van der Waals surface area (Å²) in [5.74, 6) is 0. The Labute approximate surface area is 223 Å². The number of aldehydes is 1. The average molecular weight is 549 g/mol. The van der Waals surface area contributed by atoms with E-state index >= 15 is 0 Å². The van der Waals surface area contributed by atoms with Gasteiger partial charge in [-0.2, -0.15) is 0 Å². The van der Waals surface area contributed by atoms with Crippen molar-refractivity contribution in [3.05, 3.63) is 12.2 Å². The Morgan fingerprint density at radius 1 is 0.750 bits per heavy atom. The fraction of sp³-hybridized carbons (Fsp3) is 0.889. The van der Waals surface area contributed by atoms with Crippen molar-refractivity contribution >= 4 is 22.9 Å². The summed E-state index contributed by atoms with van der Waals surface area (Å²) in [5, 5.41) is -0.0480. The number of carbonyl (C=O) groups is 1. The first-order chi connectivity index (χ1) is 16.5. The summed E-state index contributed by atoms with van der Waals surface area (Å²) in [5.41, 5.74) is 1.25. The number of hydrogen-bond acceptors (Lipinski definition) is 7. The number of allylic oxidation sites excluding steroid dienone is 1. The van der Waals surface area contributed by atoms with Crippen LogP contribution in [0.5, 0.6) is 0 Å². The molecule has 0 aliphatic rings. The summed E-state index contributed by atoms with van der Waals surface area (Å²) < 4.78 is 37.1. The van der Waals surface area contributed by atoms with E-state index in [0.29, 0.717) is 16.6 Å². The molecule has 0 saturated carbocycles. The van der Waals surface area contributed by atoms with Crippen molar-refractivity contribution in [2.45, 2.75) is 128 Å². The molecule has 0 saturated heterocycles. The summed E-state index contributed by atoms with van der Waals surface area (Å²) in [7, 11) is -1.34. The van der Waals surface area contributed by atoms with E-state index in [1.165, 1.54) is 6.08 Å². The second kappa shape index (κ2) is 15.9. The maximum atomic E-state index is 11.3. The van der Waals surface area contributed by atoms with Crippen LogP contribution in [0.4, 0.5) is 0 Å². The number of methoxy groups -OCH3 is 2. The van der Waals surface area contributed by atoms with Gasteiger partial charge >= 0.3 is 0 Å². The first kappa shape index (κ1) is 35.6. The standard InChI is InChI=1S/C27H56O7Si2/c1-20(2)36(21(3)4,22(5)6)33-23(7)25(32-19-30-12)26(34-35(13,14)27(8,9)10)24(16-15-17-28)31-18-29-11/h15-17,20-26H,18-19H2,1-14H3/b16-15+/t23-,24+,25-,26-/m0/s1. The zero-order valence-corrected chi connectivity index (χ0v) is 27.5. The number of hydrogen-bond donors (Lipinski definition) is 0. The van der Waals surface area contributed by atoms with Gasteiger partial charge in [-0.1, -0.05) is 62.3 Å². The summed E-state index contributed by atoms with van der Waals surface area (Å²) in [6.45, 7) is 26.8. The largest absolute Gasteiger partial charge is 0.411 e. The molecule has 0 aliphatic carbocycles. The molecule has 0 aromatic heterocycles. The van der Waals surface area contributed by atoms with E-state index in [9.17, 15) is 4.79 Å². The molecule has 9 heteroatoms. The van der Waals surface area contributed by atoms with Crippen molar-refractivity contribution in [1.29, 1.82) is 0 Å². The number of carbonyl (C=O) groups excluding carboxylic acids is 1. The minimum absolute atomic E-state index is 0.0480. The minimum Gasteiger partial charge on any atom is -0.411 e. The molecule has 0 aliphatic heterocycles. The van der Waals surface area contributed by atoms with Gasteiger partial charge < -0.3 is 27.8 Å². The quantitative estimate of drug-likeness (QED) is 0.0817. The molecule has 4 atom stereocenters. The lowest BCUT2D eigenvalue weighted by atomic mass is 10.0. The Balaban J connectivity index is 6.75. The Bertz CT molecular complexity index is 623. The molecular formula is C27H56O7Si2. The first-order valence-corrected chi connectivity index (χ1v) is 18.3. The van der Waals surface area contributed by atoms with Crippen LogP contribution in [-0.4, -0.2) is 75.1 Å². The molecule has 0 heterocycles. The van der Waals surface area contributed by atoms with Crippen molar-refractivity contribution < 1.29 is 32.6 Å². The van der Waals surface area contributed by atoms with Gasteiger partial charge in [0.2, 0.25) is 8.32 Å². The lowest BCUT2D eigenvalue weighted by Crippen LogP contribution is -2.58. The molecule has 0 unspecified atom stereocenters. The second-order valence-corrected chi connectivity index (χ2v) is 22.2. The third kappa shape index (κ3) is 9.73. The van der Waals surface area contributed by atoms with Crippen LogP contribution in [0.2, 0.25) is 34.8 Å². The zero-order chi connectivity index (χ0) is 28.3. The van der Waals surface area contributed by atoms with Gasteiger partial charge in [-0.25, -0.2) is 0 Å². The molecule has 0 amide bonds. The van der Waals surface area contributed by atoms with E-state index in [-0.39, 0.29) is 24.7 Å². The lowest BCUT2D eigenvalue weighted by molar-refractivity contribution is -0.175. The van der Waals surface area contributed by atoms with Gasteiger partial charge in [0.05, 0.1) is 6.10 Å². The lowest BCUT2D eigenvalue weighted by Gasteiger charge is -2.48. The van der Waals surface area contributed by atoms with Crippen LogP contribution in [0.3, 0.4) is 0 Å². The van der Waals surface area contributed by atoms with Crippen LogP contribution in [0.25, 0.3) is 0 Å². The molecule has 0 aromatic carbocycles. The van der Waals surface area contributed by atoms with Gasteiger partial charge in [0.1, 0.15) is 38.2 Å². The highest BCUT2D eigenvalue weighted by molar-refractivity contribution is 6.77. The SMILES string of the molecule is COCO[C@H]([C@@H](O[Si](C)(C)C(C)(C)C)[C@@H](/C=C/C=O)OCOC)[C@H](C)O[Si](C(C)C)(C(C)C)C(C)C. The van der Waals surface area contributed by atoms with Crippen molar-refractivity contribution in [1.82, 2.24) is 0 Å². The molecule has 0 rings (SSSR count). The van der Waals surface area contributed by atoms with Crippen LogP contribution in [0.15, 0.2) is 12.2 Å². The van der Waals surface area contributed by atoms with Crippen molar-refractivity contribution in [2.75, 3.05) is 27.8 Å². The van der Waals surface area contributed by atoms with Crippen LogP contribution in [0.1, 0.15) is 69.2 Å². The molecule has 0 radical (unpaired) electrons. The topological polar surface area (TPSA) is 72.5 Å². The van der Waals surface area contributed by atoms with Gasteiger partial charge in [-0.3, -0.25) is 4.79 Å². The molecule has 0 N–H and O–H groups in total. The van der Waals surface area contributed by atoms with E-state index in [1.54, 1.807) is 20.3 Å². The predicted octanol–water partition coefficient (Wildman–Crippen LogP) is 6.69. The van der Waals surface area contributed by atoms with Gasteiger partial charge in [0, 0.05) is 14.2 Å². The molecule has 0 aromatic rings. The van der Waals surface area contributed by atoms with Gasteiger partial charge in [0.15, 0.2) is 8.32 Å². The number of rotatable bonds is 18. The molecule has 0 fully saturated rings. The zero-order valence-electron chi connectivity index (χ0n) is 25.5. The maximum Gasteiger partial charge on any atom is 0.200 e. The maximum absolute atomic E-state index is 11.3. The smallest absolute Gasteiger partial charge is 0.200 e. The van der Waals surface area contributed by atoms with Gasteiger partial charge in [-0.15, -0.1) is 0 Å². The summed E-state index contributed by atoms with van der Waals surface area (Å²) in [4.78, 5) is 11.3. The highest BCUT2D eigenvalue weighted by atomic mass is 28.4. The van der Waals surface area contributed by atoms with E-state index in [1.807, 2.05) is 0 Å². The van der Waals surface area contributed by atoms with Crippen molar-refractivity contribution in [3.8, 4) is 0 Å². The fourth-order valence-corrected chi connectivity index (χ4v) is 11.7. The van der Waals surface area contributed by atoms with Gasteiger partial charge in [-0.05, 0) is 53.8 Å². The summed E-state index contributed by atoms with van der Waals surface area (Å²) in [6.07, 6.45) is 1.98. The molecule has 7 nitrogen and oxygen atoms in total. The monoisotopic (exact) mass is 548 g/mol. The molecule has 36 heavy (non-hydrogen) atoms.